The largest absolute Gasteiger partial charge is 0.336 e. The van der Waals surface area contributed by atoms with Crippen LogP contribution in [0.15, 0.2) is 29.4 Å². The van der Waals surface area contributed by atoms with Crippen molar-refractivity contribution in [3.63, 3.8) is 0 Å². The second-order valence-electron chi connectivity index (χ2n) is 6.67. The van der Waals surface area contributed by atoms with Crippen molar-refractivity contribution in [3.05, 3.63) is 24.3 Å². The number of nitrogens with zero attached hydrogens (tertiary/aromatic N) is 3. The molecule has 2 atom stereocenters. The number of likely N-dealkylation sites (tertiary alicyclic amines) is 1. The fraction of sp³-hybridized carbons (Fsp3) is 0.529. The Morgan fingerprint density at radius 3 is 2.46 bits per heavy atom. The van der Waals surface area contributed by atoms with Crippen LogP contribution >= 0.6 is 0 Å². The van der Waals surface area contributed by atoms with Gasteiger partial charge in [0.15, 0.2) is 0 Å². The van der Waals surface area contributed by atoms with Crippen LogP contribution in [0.4, 0.5) is 0 Å². The minimum atomic E-state index is -3.52. The number of hydrogen-bond donors (Lipinski definition) is 0. The Labute approximate surface area is 142 Å². The second-order valence-corrected chi connectivity index (χ2v) is 8.58. The molecule has 1 amide bonds. The number of benzene rings is 1. The molecule has 0 N–H and O–H groups in total. The van der Waals surface area contributed by atoms with Crippen molar-refractivity contribution in [2.45, 2.75) is 56.9 Å². The third-order valence-electron chi connectivity index (χ3n) is 4.73. The van der Waals surface area contributed by atoms with Gasteiger partial charge in [0.25, 0.3) is 0 Å². The van der Waals surface area contributed by atoms with Gasteiger partial charge >= 0.3 is 0 Å². The average molecular weight is 349 g/mol. The number of carbonyl (C=O) groups is 1. The van der Waals surface area contributed by atoms with Crippen LogP contribution in [0.2, 0.25) is 0 Å². The highest BCUT2D eigenvalue weighted by atomic mass is 32.2. The zero-order chi connectivity index (χ0) is 17.5. The predicted molar refractivity (Wildman–Crippen MR) is 92.5 cm³/mol. The molecular formula is C17H23N3O3S. The summed E-state index contributed by atoms with van der Waals surface area (Å²) in [4.78, 5) is 19.0. The van der Waals surface area contributed by atoms with Crippen LogP contribution in [0.1, 0.15) is 33.1 Å². The number of carbonyl (C=O) groups excluding carboxylic acids is 1. The number of piperidine rings is 1. The van der Waals surface area contributed by atoms with E-state index in [9.17, 15) is 13.2 Å². The summed E-state index contributed by atoms with van der Waals surface area (Å²) in [6, 6.07) is 7.55. The van der Waals surface area contributed by atoms with Crippen molar-refractivity contribution in [3.8, 4) is 0 Å². The van der Waals surface area contributed by atoms with Crippen molar-refractivity contribution in [1.82, 2.24) is 14.5 Å². The third kappa shape index (κ3) is 3.05. The Kier molecular flexibility index (Phi) is 4.38. The predicted octanol–water partition coefficient (Wildman–Crippen LogP) is 2.23. The summed E-state index contributed by atoms with van der Waals surface area (Å²) >= 11 is 0. The van der Waals surface area contributed by atoms with E-state index < -0.39 is 9.84 Å². The van der Waals surface area contributed by atoms with Crippen molar-refractivity contribution < 1.29 is 13.2 Å². The van der Waals surface area contributed by atoms with E-state index >= 15 is 0 Å². The number of sulfone groups is 1. The summed E-state index contributed by atoms with van der Waals surface area (Å²) < 4.78 is 25.7. The molecule has 1 aromatic heterocycles. The fourth-order valence-corrected chi connectivity index (χ4v) is 4.45. The van der Waals surface area contributed by atoms with Crippen molar-refractivity contribution in [2.24, 2.45) is 0 Å². The van der Waals surface area contributed by atoms with E-state index in [0.717, 1.165) is 25.5 Å². The number of imidazole rings is 1. The molecule has 1 aliphatic rings. The van der Waals surface area contributed by atoms with Gasteiger partial charge < -0.3 is 9.47 Å². The molecule has 0 radical (unpaired) electrons. The standard InChI is InChI=1S/C17H23N3O3S/c1-12-7-6-8-13(2)20(12)16(21)11-19-15-10-5-4-9-14(15)18-17(19)24(3,22)23/h4-5,9-10,12-13H,6-8,11H2,1-3H3. The maximum atomic E-state index is 12.9. The lowest BCUT2D eigenvalue weighted by Crippen LogP contribution is -2.48. The molecule has 24 heavy (non-hydrogen) atoms. The lowest BCUT2D eigenvalue weighted by molar-refractivity contribution is -0.138. The lowest BCUT2D eigenvalue weighted by atomic mass is 9.97. The number of hydrogen-bond acceptors (Lipinski definition) is 4. The van der Waals surface area contributed by atoms with E-state index in [1.165, 1.54) is 4.57 Å². The van der Waals surface area contributed by atoms with Crippen LogP contribution in [-0.2, 0) is 21.2 Å². The maximum Gasteiger partial charge on any atom is 0.243 e. The quantitative estimate of drug-likeness (QED) is 0.852. The number of fused-ring (bicyclic) bond motifs is 1. The summed E-state index contributed by atoms with van der Waals surface area (Å²) in [6.07, 6.45) is 4.22. The molecule has 6 nitrogen and oxygen atoms in total. The smallest absolute Gasteiger partial charge is 0.243 e. The number of rotatable bonds is 3. The first-order chi connectivity index (χ1) is 11.3. The van der Waals surface area contributed by atoms with Gasteiger partial charge in [0.1, 0.15) is 6.54 Å². The topological polar surface area (TPSA) is 72.3 Å². The Morgan fingerprint density at radius 1 is 1.21 bits per heavy atom. The molecule has 130 valence electrons. The molecular weight excluding hydrogens is 326 g/mol. The Hall–Kier alpha value is -1.89. The fourth-order valence-electron chi connectivity index (χ4n) is 3.62. The molecule has 1 saturated heterocycles. The van der Waals surface area contributed by atoms with E-state index in [-0.39, 0.29) is 29.7 Å². The van der Waals surface area contributed by atoms with E-state index in [1.54, 1.807) is 12.1 Å². The van der Waals surface area contributed by atoms with Crippen LogP contribution in [0.5, 0.6) is 0 Å². The van der Waals surface area contributed by atoms with Crippen molar-refractivity contribution >= 4 is 26.8 Å². The van der Waals surface area contributed by atoms with Crippen LogP contribution < -0.4 is 0 Å². The van der Waals surface area contributed by atoms with Crippen molar-refractivity contribution in [1.29, 1.82) is 0 Å². The van der Waals surface area contributed by atoms with Gasteiger partial charge in [-0.3, -0.25) is 4.79 Å². The van der Waals surface area contributed by atoms with Crippen molar-refractivity contribution in [2.75, 3.05) is 6.26 Å². The number of para-hydroxylation sites is 2. The second kappa shape index (κ2) is 6.20. The lowest BCUT2D eigenvalue weighted by Gasteiger charge is -2.39. The van der Waals surface area contributed by atoms with Gasteiger partial charge in [-0.05, 0) is 45.2 Å². The zero-order valence-electron chi connectivity index (χ0n) is 14.3. The van der Waals surface area contributed by atoms with Crippen LogP contribution in [0.25, 0.3) is 11.0 Å². The monoisotopic (exact) mass is 349 g/mol. The molecule has 1 fully saturated rings. The molecule has 7 heteroatoms. The summed E-state index contributed by atoms with van der Waals surface area (Å²) in [5.74, 6) is -0.0530. The highest BCUT2D eigenvalue weighted by Gasteiger charge is 2.30. The Bertz CT molecular complexity index is 862. The summed E-state index contributed by atoms with van der Waals surface area (Å²) in [5, 5.41) is -0.0469. The zero-order valence-corrected chi connectivity index (χ0v) is 15.1. The normalized spacial score (nSPS) is 22.0. The molecule has 3 rings (SSSR count). The molecule has 1 aliphatic heterocycles. The third-order valence-corrected chi connectivity index (χ3v) is 5.70. The molecule has 0 bridgehead atoms. The van der Waals surface area contributed by atoms with Crippen LogP contribution in [0, 0.1) is 0 Å². The molecule has 2 heterocycles. The first-order valence-corrected chi connectivity index (χ1v) is 10.1. The van der Waals surface area contributed by atoms with Gasteiger partial charge in [0.2, 0.25) is 20.9 Å². The van der Waals surface area contributed by atoms with E-state index in [4.69, 9.17) is 0 Å². The minimum absolute atomic E-state index is 0.00238. The van der Waals surface area contributed by atoms with Crippen LogP contribution in [0.3, 0.4) is 0 Å². The number of aromatic nitrogens is 2. The average Bonchev–Trinajstić information content (AvgIpc) is 2.86. The molecule has 2 unspecified atom stereocenters. The van der Waals surface area contributed by atoms with E-state index in [2.05, 4.69) is 18.8 Å². The maximum absolute atomic E-state index is 12.9. The van der Waals surface area contributed by atoms with E-state index in [1.807, 2.05) is 17.0 Å². The summed E-state index contributed by atoms with van der Waals surface area (Å²) in [7, 11) is -3.52. The molecule has 0 spiro atoms. The summed E-state index contributed by atoms with van der Waals surface area (Å²) in [6.45, 7) is 4.10. The van der Waals surface area contributed by atoms with Gasteiger partial charge in [0, 0.05) is 18.3 Å². The first-order valence-electron chi connectivity index (χ1n) is 8.25. The molecule has 1 aromatic carbocycles. The summed E-state index contributed by atoms with van der Waals surface area (Å²) in [5.41, 5.74) is 1.26. The molecule has 0 saturated carbocycles. The van der Waals surface area contributed by atoms with Gasteiger partial charge in [-0.15, -0.1) is 0 Å². The molecule has 0 aliphatic carbocycles. The Balaban J connectivity index is 2.01. The highest BCUT2D eigenvalue weighted by molar-refractivity contribution is 7.90. The Morgan fingerprint density at radius 2 is 1.83 bits per heavy atom. The van der Waals surface area contributed by atoms with E-state index in [0.29, 0.717) is 11.0 Å². The first kappa shape index (κ1) is 17.0. The van der Waals surface area contributed by atoms with Crippen LogP contribution in [-0.4, -0.2) is 47.1 Å². The number of amides is 1. The minimum Gasteiger partial charge on any atom is -0.336 e. The molecule has 2 aromatic rings. The van der Waals surface area contributed by atoms with Gasteiger partial charge in [-0.1, -0.05) is 12.1 Å². The van der Waals surface area contributed by atoms with Gasteiger partial charge in [0.05, 0.1) is 11.0 Å². The SMILES string of the molecule is CC1CCCC(C)N1C(=O)Cn1c(S(C)(=O)=O)nc2ccccc21. The van der Waals surface area contributed by atoms with Gasteiger partial charge in [-0.2, -0.15) is 0 Å². The van der Waals surface area contributed by atoms with Gasteiger partial charge in [-0.25, -0.2) is 13.4 Å². The highest BCUT2D eigenvalue weighted by Crippen LogP contribution is 2.25.